The summed E-state index contributed by atoms with van der Waals surface area (Å²) in [6, 6.07) is 15.6. The molecule has 25 heavy (non-hydrogen) atoms. The van der Waals surface area contributed by atoms with Gasteiger partial charge in [-0.05, 0) is 18.2 Å². The number of halogens is 1. The lowest BCUT2D eigenvalue weighted by atomic mass is 10.1. The van der Waals surface area contributed by atoms with Crippen molar-refractivity contribution in [3.8, 4) is 17.3 Å². The fourth-order valence-electron chi connectivity index (χ4n) is 2.27. The van der Waals surface area contributed by atoms with Crippen molar-refractivity contribution in [3.05, 3.63) is 64.9 Å². The van der Waals surface area contributed by atoms with Gasteiger partial charge in [-0.3, -0.25) is 10.1 Å². The molecule has 0 saturated heterocycles. The molecule has 0 amide bonds. The van der Waals surface area contributed by atoms with Crippen LogP contribution in [-0.2, 0) is 6.54 Å². The van der Waals surface area contributed by atoms with E-state index in [0.717, 1.165) is 21.3 Å². The summed E-state index contributed by atoms with van der Waals surface area (Å²) >= 11 is 3.56. The van der Waals surface area contributed by atoms with Crippen LogP contribution in [0.5, 0.6) is 0 Å². The quantitative estimate of drug-likeness (QED) is 0.504. The second-order valence-electron chi connectivity index (χ2n) is 5.17. The molecule has 124 valence electrons. The van der Waals surface area contributed by atoms with Crippen LogP contribution in [0.2, 0.25) is 0 Å². The molecule has 2 heterocycles. The first-order valence-corrected chi connectivity index (χ1v) is 8.46. The number of anilines is 1. The van der Waals surface area contributed by atoms with Crippen molar-refractivity contribution in [3.63, 3.8) is 0 Å². The zero-order valence-corrected chi connectivity index (χ0v) is 14.9. The van der Waals surface area contributed by atoms with Crippen molar-refractivity contribution < 1.29 is 0 Å². The van der Waals surface area contributed by atoms with Gasteiger partial charge < -0.3 is 0 Å². The Morgan fingerprint density at radius 2 is 2.08 bits per heavy atom. The largest absolute Gasteiger partial charge is 0.270 e. The molecule has 7 heteroatoms. The summed E-state index contributed by atoms with van der Waals surface area (Å²) in [4.78, 5) is 4.16. The number of pyridine rings is 1. The number of rotatable bonds is 6. The Hall–Kier alpha value is -2.98. The average Bonchev–Trinajstić information content (AvgIpc) is 3.04. The van der Waals surface area contributed by atoms with Gasteiger partial charge in [-0.2, -0.15) is 15.5 Å². The minimum atomic E-state index is 0.403. The Kier molecular flexibility index (Phi) is 5.54. The van der Waals surface area contributed by atoms with E-state index in [1.807, 2.05) is 48.7 Å². The zero-order chi connectivity index (χ0) is 17.5. The van der Waals surface area contributed by atoms with Crippen LogP contribution in [0.3, 0.4) is 0 Å². The van der Waals surface area contributed by atoms with Crippen LogP contribution in [0.1, 0.15) is 12.0 Å². The van der Waals surface area contributed by atoms with Crippen molar-refractivity contribution in [1.29, 1.82) is 5.26 Å². The number of aromatic nitrogens is 3. The molecular formula is C18H15BrN6. The van der Waals surface area contributed by atoms with Crippen molar-refractivity contribution >= 4 is 28.0 Å². The molecular weight excluding hydrogens is 380 g/mol. The van der Waals surface area contributed by atoms with Crippen LogP contribution in [0.25, 0.3) is 11.3 Å². The second kappa shape index (κ2) is 8.22. The van der Waals surface area contributed by atoms with Crippen LogP contribution in [0.4, 0.5) is 5.82 Å². The van der Waals surface area contributed by atoms with Crippen LogP contribution in [0, 0.1) is 11.3 Å². The lowest BCUT2D eigenvalue weighted by Gasteiger charge is -2.02. The average molecular weight is 395 g/mol. The minimum absolute atomic E-state index is 0.403. The van der Waals surface area contributed by atoms with E-state index in [0.29, 0.717) is 18.8 Å². The third-order valence-electron chi connectivity index (χ3n) is 3.42. The SMILES string of the molecule is N#CCCn1cc(/C=N/Nc2ccccn2)c(-c2ccccc2Br)n1. The van der Waals surface area contributed by atoms with Gasteiger partial charge in [0.2, 0.25) is 0 Å². The molecule has 1 aromatic carbocycles. The molecule has 3 rings (SSSR count). The van der Waals surface area contributed by atoms with Crippen molar-refractivity contribution in [2.24, 2.45) is 5.10 Å². The maximum Gasteiger partial charge on any atom is 0.146 e. The Bertz CT molecular complexity index is 911. The minimum Gasteiger partial charge on any atom is -0.270 e. The zero-order valence-electron chi connectivity index (χ0n) is 13.3. The van der Waals surface area contributed by atoms with Crippen LogP contribution in [0.15, 0.2) is 64.4 Å². The van der Waals surface area contributed by atoms with E-state index in [2.05, 4.69) is 42.6 Å². The molecule has 0 aliphatic carbocycles. The van der Waals surface area contributed by atoms with Gasteiger partial charge in [0.25, 0.3) is 0 Å². The van der Waals surface area contributed by atoms with Gasteiger partial charge in [-0.15, -0.1) is 0 Å². The predicted octanol–water partition coefficient (Wildman–Crippen LogP) is 4.07. The molecule has 3 aromatic rings. The molecule has 0 atom stereocenters. The molecule has 0 aliphatic rings. The van der Waals surface area contributed by atoms with Crippen molar-refractivity contribution in [2.75, 3.05) is 5.43 Å². The van der Waals surface area contributed by atoms with E-state index >= 15 is 0 Å². The molecule has 0 radical (unpaired) electrons. The van der Waals surface area contributed by atoms with E-state index in [1.165, 1.54) is 0 Å². The van der Waals surface area contributed by atoms with Gasteiger partial charge in [-0.25, -0.2) is 4.98 Å². The summed E-state index contributed by atoms with van der Waals surface area (Å²) in [5.74, 6) is 0.665. The highest BCUT2D eigenvalue weighted by Crippen LogP contribution is 2.28. The van der Waals surface area contributed by atoms with Crippen LogP contribution < -0.4 is 5.43 Å². The van der Waals surface area contributed by atoms with Gasteiger partial charge >= 0.3 is 0 Å². The molecule has 0 spiro atoms. The third kappa shape index (κ3) is 4.31. The predicted molar refractivity (Wildman–Crippen MR) is 101 cm³/mol. The number of hydrogen-bond donors (Lipinski definition) is 1. The Morgan fingerprint density at radius 1 is 1.24 bits per heavy atom. The Labute approximate surface area is 154 Å². The lowest BCUT2D eigenvalue weighted by molar-refractivity contribution is 0.629. The van der Waals surface area contributed by atoms with E-state index in [9.17, 15) is 0 Å². The standard InChI is InChI=1S/C18H15BrN6/c19-16-7-2-1-6-15(16)18-14(13-25(24-18)11-5-9-20)12-22-23-17-8-3-4-10-21-17/h1-4,6-8,10,12-13H,5,11H2,(H,21,23)/b22-12+. The number of hydrazone groups is 1. The maximum atomic E-state index is 8.79. The highest BCUT2D eigenvalue weighted by molar-refractivity contribution is 9.10. The molecule has 0 unspecified atom stereocenters. The summed E-state index contributed by atoms with van der Waals surface area (Å²) in [6.07, 6.45) is 5.69. The highest BCUT2D eigenvalue weighted by Gasteiger charge is 2.12. The molecule has 0 aliphatic heterocycles. The summed E-state index contributed by atoms with van der Waals surface area (Å²) in [5.41, 5.74) is 5.52. The summed E-state index contributed by atoms with van der Waals surface area (Å²) < 4.78 is 2.72. The first kappa shape index (κ1) is 16.9. The second-order valence-corrected chi connectivity index (χ2v) is 6.02. The van der Waals surface area contributed by atoms with Crippen molar-refractivity contribution in [1.82, 2.24) is 14.8 Å². The van der Waals surface area contributed by atoms with E-state index in [4.69, 9.17) is 5.26 Å². The topological polar surface area (TPSA) is 78.9 Å². The molecule has 0 fully saturated rings. The normalized spacial score (nSPS) is 10.7. The van der Waals surface area contributed by atoms with Crippen molar-refractivity contribution in [2.45, 2.75) is 13.0 Å². The van der Waals surface area contributed by atoms with Gasteiger partial charge in [0.15, 0.2) is 0 Å². The third-order valence-corrected chi connectivity index (χ3v) is 4.11. The molecule has 2 aromatic heterocycles. The van der Waals surface area contributed by atoms with Gasteiger partial charge in [0, 0.05) is 28.0 Å². The van der Waals surface area contributed by atoms with Crippen LogP contribution >= 0.6 is 15.9 Å². The first-order chi connectivity index (χ1) is 12.3. The molecule has 0 saturated carbocycles. The monoisotopic (exact) mass is 394 g/mol. The van der Waals surface area contributed by atoms with Gasteiger partial charge in [0.05, 0.1) is 25.2 Å². The molecule has 6 nitrogen and oxygen atoms in total. The number of benzene rings is 1. The molecule has 0 bridgehead atoms. The lowest BCUT2D eigenvalue weighted by Crippen LogP contribution is -1.97. The van der Waals surface area contributed by atoms with Gasteiger partial charge in [-0.1, -0.05) is 40.2 Å². The fourth-order valence-corrected chi connectivity index (χ4v) is 2.74. The smallest absolute Gasteiger partial charge is 0.146 e. The number of nitrogens with one attached hydrogen (secondary N) is 1. The van der Waals surface area contributed by atoms with E-state index in [-0.39, 0.29) is 0 Å². The first-order valence-electron chi connectivity index (χ1n) is 7.67. The van der Waals surface area contributed by atoms with Gasteiger partial charge in [0.1, 0.15) is 11.5 Å². The van der Waals surface area contributed by atoms with Crippen LogP contribution in [-0.4, -0.2) is 21.0 Å². The maximum absolute atomic E-state index is 8.79. The summed E-state index contributed by atoms with van der Waals surface area (Å²) in [7, 11) is 0. The number of nitriles is 1. The Morgan fingerprint density at radius 3 is 2.84 bits per heavy atom. The highest BCUT2D eigenvalue weighted by atomic mass is 79.9. The Balaban J connectivity index is 1.90. The molecule has 1 N–H and O–H groups in total. The number of hydrogen-bond acceptors (Lipinski definition) is 5. The number of nitrogens with zero attached hydrogens (tertiary/aromatic N) is 5. The summed E-state index contributed by atoms with van der Waals surface area (Å²) in [6.45, 7) is 0.537. The fraction of sp³-hybridized carbons (Fsp3) is 0.111. The van der Waals surface area contributed by atoms with E-state index < -0.39 is 0 Å². The summed E-state index contributed by atoms with van der Waals surface area (Å²) in [5, 5.41) is 17.6. The van der Waals surface area contributed by atoms with E-state index in [1.54, 1.807) is 17.1 Å². The number of aryl methyl sites for hydroxylation is 1.